The summed E-state index contributed by atoms with van der Waals surface area (Å²) in [4.78, 5) is 13.7. The van der Waals surface area contributed by atoms with Gasteiger partial charge in [-0.3, -0.25) is 4.79 Å². The highest BCUT2D eigenvalue weighted by molar-refractivity contribution is 6.15. The second kappa shape index (κ2) is 8.71. The molecule has 0 atom stereocenters. The van der Waals surface area contributed by atoms with Crippen LogP contribution in [0.2, 0.25) is 0 Å². The lowest BCUT2D eigenvalue weighted by molar-refractivity contribution is 0.101. The van der Waals surface area contributed by atoms with Gasteiger partial charge in [0.15, 0.2) is 0 Å². The van der Waals surface area contributed by atoms with Crippen molar-refractivity contribution in [3.8, 4) is 23.2 Å². The molecule has 150 valence electrons. The standard InChI is InChI=1S/C30H19O2/c31-29(26-17-9-7-13-23(26)20-19-22-11-3-1-4-12-22)30-27-18-10-8-16-25(27)21-28(32-30)24-14-5-2-6-15-24/h1-18,21H/q+1. The SMILES string of the molecule is O=C(c1ccccc1C#Cc1ccccc1)c1[o+]c(-c2ccccc2)cc2ccccc12. The van der Waals surface area contributed by atoms with Crippen molar-refractivity contribution in [3.63, 3.8) is 0 Å². The van der Waals surface area contributed by atoms with Gasteiger partial charge in [0.1, 0.15) is 0 Å². The zero-order valence-electron chi connectivity index (χ0n) is 17.3. The number of hydrogen-bond donors (Lipinski definition) is 0. The van der Waals surface area contributed by atoms with Gasteiger partial charge in [-0.1, -0.05) is 78.6 Å². The number of hydrogen-bond acceptors (Lipinski definition) is 1. The summed E-state index contributed by atoms with van der Waals surface area (Å²) in [5.74, 6) is 7.10. The number of rotatable bonds is 3. The van der Waals surface area contributed by atoms with Crippen LogP contribution >= 0.6 is 0 Å². The average molecular weight is 411 g/mol. The van der Waals surface area contributed by atoms with E-state index in [0.29, 0.717) is 22.6 Å². The molecule has 0 aliphatic carbocycles. The molecular formula is C30H19O2+. The molecular weight excluding hydrogens is 392 g/mol. The molecule has 2 nitrogen and oxygen atoms in total. The van der Waals surface area contributed by atoms with Crippen LogP contribution in [0, 0.1) is 11.8 Å². The van der Waals surface area contributed by atoms with E-state index < -0.39 is 0 Å². The van der Waals surface area contributed by atoms with Gasteiger partial charge in [0, 0.05) is 22.1 Å². The summed E-state index contributed by atoms with van der Waals surface area (Å²) >= 11 is 0. The molecule has 0 spiro atoms. The fraction of sp³-hybridized carbons (Fsp3) is 0. The predicted octanol–water partition coefficient (Wildman–Crippen LogP) is 7.01. The molecule has 0 aliphatic heterocycles. The van der Waals surface area contributed by atoms with Crippen molar-refractivity contribution in [3.05, 3.63) is 138 Å². The number of benzene rings is 4. The van der Waals surface area contributed by atoms with E-state index >= 15 is 0 Å². The topological polar surface area (TPSA) is 28.4 Å². The van der Waals surface area contributed by atoms with Gasteiger partial charge in [0.2, 0.25) is 0 Å². The highest BCUT2D eigenvalue weighted by Crippen LogP contribution is 2.30. The molecule has 0 radical (unpaired) electrons. The minimum atomic E-state index is -0.183. The summed E-state index contributed by atoms with van der Waals surface area (Å²) < 4.78 is 6.21. The van der Waals surface area contributed by atoms with Crippen molar-refractivity contribution >= 4 is 16.6 Å². The summed E-state index contributed by atoms with van der Waals surface area (Å²) in [6.45, 7) is 0. The molecule has 5 aromatic rings. The zero-order chi connectivity index (χ0) is 21.8. The quantitative estimate of drug-likeness (QED) is 0.181. The van der Waals surface area contributed by atoms with Crippen LogP contribution in [0.4, 0.5) is 0 Å². The molecule has 2 heteroatoms. The third-order valence-corrected chi connectivity index (χ3v) is 5.26. The predicted molar refractivity (Wildman–Crippen MR) is 128 cm³/mol. The van der Waals surface area contributed by atoms with Gasteiger partial charge in [0.25, 0.3) is 5.78 Å². The van der Waals surface area contributed by atoms with Crippen LogP contribution in [0.1, 0.15) is 27.2 Å². The maximum atomic E-state index is 13.7. The van der Waals surface area contributed by atoms with Gasteiger partial charge in [0.05, 0.1) is 17.0 Å². The lowest BCUT2D eigenvalue weighted by Gasteiger charge is -2.02. The van der Waals surface area contributed by atoms with E-state index in [-0.39, 0.29) is 5.78 Å². The highest BCUT2D eigenvalue weighted by Gasteiger charge is 2.29. The van der Waals surface area contributed by atoms with Crippen LogP contribution in [-0.2, 0) is 0 Å². The normalized spacial score (nSPS) is 10.4. The monoisotopic (exact) mass is 411 g/mol. The Hall–Kier alpha value is -4.48. The van der Waals surface area contributed by atoms with E-state index in [9.17, 15) is 4.79 Å². The van der Waals surface area contributed by atoms with E-state index in [1.54, 1.807) is 6.07 Å². The van der Waals surface area contributed by atoms with Crippen LogP contribution in [0.3, 0.4) is 0 Å². The van der Waals surface area contributed by atoms with Gasteiger partial charge in [-0.25, -0.2) is 4.42 Å². The summed E-state index contributed by atoms with van der Waals surface area (Å²) in [5, 5.41) is 1.73. The second-order valence-electron chi connectivity index (χ2n) is 7.38. The molecule has 0 saturated carbocycles. The Kier molecular flexibility index (Phi) is 5.31. The summed E-state index contributed by atoms with van der Waals surface area (Å²) in [6.07, 6.45) is 0. The molecule has 0 amide bonds. The van der Waals surface area contributed by atoms with E-state index in [0.717, 1.165) is 21.9 Å². The van der Waals surface area contributed by atoms with Crippen molar-refractivity contribution in [2.45, 2.75) is 0 Å². The molecule has 0 N–H and O–H groups in total. The second-order valence-corrected chi connectivity index (χ2v) is 7.38. The third kappa shape index (κ3) is 3.93. The molecule has 0 fully saturated rings. The molecule has 32 heavy (non-hydrogen) atoms. The average Bonchev–Trinajstić information content (AvgIpc) is 2.87. The fourth-order valence-corrected chi connectivity index (χ4v) is 3.65. The summed E-state index contributed by atoms with van der Waals surface area (Å²) in [7, 11) is 0. The molecule has 0 aliphatic rings. The molecule has 1 heterocycles. The van der Waals surface area contributed by atoms with Gasteiger partial charge in [-0.15, -0.1) is 0 Å². The Morgan fingerprint density at radius 1 is 0.656 bits per heavy atom. The maximum absolute atomic E-state index is 13.7. The highest BCUT2D eigenvalue weighted by atomic mass is 16.3. The molecule has 0 saturated heterocycles. The van der Waals surface area contributed by atoms with Crippen molar-refractivity contribution in [2.75, 3.05) is 0 Å². The Balaban J connectivity index is 1.64. The Morgan fingerprint density at radius 2 is 1.31 bits per heavy atom. The molecule has 0 bridgehead atoms. The van der Waals surface area contributed by atoms with E-state index in [4.69, 9.17) is 4.42 Å². The van der Waals surface area contributed by atoms with E-state index in [1.165, 1.54) is 0 Å². The number of fused-ring (bicyclic) bond motifs is 1. The smallest absolute Gasteiger partial charge is 0.279 e. The Bertz CT molecular complexity index is 1470. The first-order valence-corrected chi connectivity index (χ1v) is 10.4. The van der Waals surface area contributed by atoms with Crippen molar-refractivity contribution in [2.24, 2.45) is 0 Å². The van der Waals surface area contributed by atoms with Crippen molar-refractivity contribution in [1.82, 2.24) is 0 Å². The van der Waals surface area contributed by atoms with Crippen molar-refractivity contribution in [1.29, 1.82) is 0 Å². The van der Waals surface area contributed by atoms with Gasteiger partial charge < -0.3 is 0 Å². The minimum absolute atomic E-state index is 0.183. The van der Waals surface area contributed by atoms with Crippen molar-refractivity contribution < 1.29 is 9.21 Å². The van der Waals surface area contributed by atoms with Gasteiger partial charge in [-0.05, 0) is 42.5 Å². The van der Waals surface area contributed by atoms with Crippen LogP contribution < -0.4 is 0 Å². The Morgan fingerprint density at radius 3 is 2.12 bits per heavy atom. The number of carbonyl (C=O) groups excluding carboxylic acids is 1. The number of carbonyl (C=O) groups is 1. The van der Waals surface area contributed by atoms with Gasteiger partial charge in [-0.2, -0.15) is 0 Å². The largest absolute Gasteiger partial charge is 0.408 e. The molecule has 5 rings (SSSR count). The molecule has 1 aromatic heterocycles. The maximum Gasteiger partial charge on any atom is 0.408 e. The summed E-state index contributed by atoms with van der Waals surface area (Å²) in [5.41, 5.74) is 3.02. The molecule has 4 aromatic carbocycles. The van der Waals surface area contributed by atoms with E-state index in [1.807, 2.05) is 109 Å². The fourth-order valence-electron chi connectivity index (χ4n) is 3.65. The lowest BCUT2D eigenvalue weighted by atomic mass is 9.98. The van der Waals surface area contributed by atoms with Crippen LogP contribution in [0.15, 0.2) is 120 Å². The minimum Gasteiger partial charge on any atom is -0.279 e. The molecule has 0 unspecified atom stereocenters. The zero-order valence-corrected chi connectivity index (χ0v) is 17.3. The third-order valence-electron chi connectivity index (χ3n) is 5.26. The van der Waals surface area contributed by atoms with E-state index in [2.05, 4.69) is 11.8 Å². The lowest BCUT2D eigenvalue weighted by Crippen LogP contribution is -2.05. The Labute approximate surface area is 186 Å². The first kappa shape index (κ1) is 19.5. The van der Waals surface area contributed by atoms with Crippen LogP contribution in [0.5, 0.6) is 0 Å². The van der Waals surface area contributed by atoms with Crippen LogP contribution in [-0.4, -0.2) is 5.78 Å². The van der Waals surface area contributed by atoms with Gasteiger partial charge >= 0.3 is 11.5 Å². The van der Waals surface area contributed by atoms with Crippen LogP contribution in [0.25, 0.3) is 22.1 Å². The number of ketones is 1. The summed E-state index contributed by atoms with van der Waals surface area (Å²) in [6, 6.07) is 36.7. The first-order valence-electron chi connectivity index (χ1n) is 10.4. The first-order chi connectivity index (χ1) is 15.8.